The lowest BCUT2D eigenvalue weighted by molar-refractivity contribution is -0.144. The van der Waals surface area contributed by atoms with E-state index in [1.165, 1.54) is 12.3 Å². The third-order valence-electron chi connectivity index (χ3n) is 4.48. The summed E-state index contributed by atoms with van der Waals surface area (Å²) >= 11 is 0. The van der Waals surface area contributed by atoms with E-state index < -0.39 is 18.5 Å². The van der Waals surface area contributed by atoms with Crippen molar-refractivity contribution in [1.82, 2.24) is 9.88 Å². The van der Waals surface area contributed by atoms with Crippen molar-refractivity contribution in [1.29, 1.82) is 5.26 Å². The van der Waals surface area contributed by atoms with Crippen molar-refractivity contribution in [3.8, 4) is 6.07 Å². The summed E-state index contributed by atoms with van der Waals surface area (Å²) < 4.78 is 12.4. The second kappa shape index (κ2) is 9.78. The van der Waals surface area contributed by atoms with E-state index >= 15 is 0 Å². The van der Waals surface area contributed by atoms with Gasteiger partial charge >= 0.3 is 5.97 Å². The number of esters is 1. The summed E-state index contributed by atoms with van der Waals surface area (Å²) in [4.78, 5) is 24.3. The van der Waals surface area contributed by atoms with E-state index in [1.54, 1.807) is 19.1 Å². The van der Waals surface area contributed by atoms with Gasteiger partial charge in [0.15, 0.2) is 6.61 Å². The molecule has 0 aliphatic carbocycles. The van der Waals surface area contributed by atoms with E-state index in [0.29, 0.717) is 11.7 Å². The molecule has 0 aliphatic heterocycles. The summed E-state index contributed by atoms with van der Waals surface area (Å²) in [7, 11) is 0. The first kappa shape index (κ1) is 22.0. The van der Waals surface area contributed by atoms with E-state index in [0.717, 1.165) is 23.5 Å². The number of carbonyl (C=O) groups excluding carboxylic acids is 2. The molecule has 1 amide bonds. The molecule has 2 aromatic heterocycles. The Morgan fingerprint density at radius 3 is 2.66 bits per heavy atom. The fourth-order valence-corrected chi connectivity index (χ4v) is 3.01. The number of ether oxygens (including phenoxy) is 1. The molecule has 0 radical (unpaired) electrons. The number of hydrogen-bond acceptors (Lipinski definition) is 5. The molecule has 7 heteroatoms. The molecule has 29 heavy (non-hydrogen) atoms. The molecule has 0 fully saturated rings. The maximum atomic E-state index is 12.3. The van der Waals surface area contributed by atoms with Gasteiger partial charge in [0.2, 0.25) is 0 Å². The van der Waals surface area contributed by atoms with Crippen LogP contribution in [0.15, 0.2) is 34.5 Å². The summed E-state index contributed by atoms with van der Waals surface area (Å²) in [6.07, 6.45) is 3.02. The van der Waals surface area contributed by atoms with Crippen molar-refractivity contribution in [2.45, 2.75) is 47.2 Å². The third kappa shape index (κ3) is 5.85. The summed E-state index contributed by atoms with van der Waals surface area (Å²) in [5, 5.41) is 12.0. The lowest BCUT2D eigenvalue weighted by atomic mass is 10.1. The summed E-state index contributed by atoms with van der Waals surface area (Å²) in [5.41, 5.74) is 2.66. The van der Waals surface area contributed by atoms with Crippen molar-refractivity contribution in [2.24, 2.45) is 5.92 Å². The molecule has 2 rings (SSSR count). The average molecular weight is 397 g/mol. The molecule has 154 valence electrons. The third-order valence-corrected chi connectivity index (χ3v) is 4.48. The lowest BCUT2D eigenvalue weighted by Crippen LogP contribution is -2.31. The highest BCUT2D eigenvalue weighted by molar-refractivity contribution is 5.99. The van der Waals surface area contributed by atoms with Crippen LogP contribution >= 0.6 is 0 Å². The Bertz CT molecular complexity index is 930. The van der Waals surface area contributed by atoms with E-state index in [1.807, 2.05) is 26.0 Å². The van der Waals surface area contributed by atoms with E-state index in [4.69, 9.17) is 9.15 Å². The number of nitrogens with one attached hydrogen (secondary N) is 1. The quantitative estimate of drug-likeness (QED) is 0.416. The minimum absolute atomic E-state index is 0.151. The van der Waals surface area contributed by atoms with Gasteiger partial charge in [-0.15, -0.1) is 0 Å². The number of aryl methyl sites for hydroxylation is 1. The van der Waals surface area contributed by atoms with Crippen LogP contribution in [0.25, 0.3) is 6.08 Å². The van der Waals surface area contributed by atoms with Crippen LogP contribution in [0.3, 0.4) is 0 Å². The predicted octanol–water partition coefficient (Wildman–Crippen LogP) is 3.68. The molecule has 0 unspecified atom stereocenters. The number of amides is 1. The van der Waals surface area contributed by atoms with Crippen LogP contribution in [0.1, 0.15) is 49.5 Å². The van der Waals surface area contributed by atoms with Gasteiger partial charge in [-0.2, -0.15) is 5.26 Å². The number of rotatable bonds is 8. The molecule has 7 nitrogen and oxygen atoms in total. The smallest absolute Gasteiger partial charge is 0.349 e. The van der Waals surface area contributed by atoms with Crippen molar-refractivity contribution in [2.75, 3.05) is 6.61 Å². The van der Waals surface area contributed by atoms with Gasteiger partial charge in [0.1, 0.15) is 17.4 Å². The highest BCUT2D eigenvalue weighted by atomic mass is 16.5. The number of nitrogens with zero attached hydrogens (tertiary/aromatic N) is 2. The molecule has 1 N–H and O–H groups in total. The minimum atomic E-state index is -0.832. The second-order valence-electron chi connectivity index (χ2n) is 7.38. The number of carbonyl (C=O) groups is 2. The van der Waals surface area contributed by atoms with Crippen molar-refractivity contribution >= 4 is 18.0 Å². The molecule has 1 atom stereocenters. The number of hydrogen-bond donors (Lipinski definition) is 1. The van der Waals surface area contributed by atoms with Gasteiger partial charge in [-0.3, -0.25) is 4.79 Å². The maximum Gasteiger partial charge on any atom is 0.349 e. The molecular formula is C22H27N3O4. The molecular weight excluding hydrogens is 370 g/mol. The van der Waals surface area contributed by atoms with Crippen LogP contribution in [0.5, 0.6) is 0 Å². The van der Waals surface area contributed by atoms with Gasteiger partial charge in [0.05, 0.1) is 12.3 Å². The molecule has 0 bridgehead atoms. The highest BCUT2D eigenvalue weighted by Crippen LogP contribution is 2.20. The van der Waals surface area contributed by atoms with Crippen molar-refractivity contribution in [3.05, 3.63) is 52.7 Å². The zero-order valence-corrected chi connectivity index (χ0v) is 17.5. The van der Waals surface area contributed by atoms with Crippen LogP contribution in [-0.2, 0) is 20.9 Å². The van der Waals surface area contributed by atoms with Gasteiger partial charge in [0.25, 0.3) is 5.91 Å². The summed E-state index contributed by atoms with van der Waals surface area (Å²) in [5.74, 6) is -0.241. The SMILES string of the molecule is Cc1cc(/C=C(\C#N)C(=O)OCC(=O)N[C@@H](C)c2ccco2)c(C)n1CC(C)C. The average Bonchev–Trinajstić information content (AvgIpc) is 3.28. The van der Waals surface area contributed by atoms with E-state index in [2.05, 4.69) is 23.7 Å². The fourth-order valence-electron chi connectivity index (χ4n) is 3.01. The van der Waals surface area contributed by atoms with Gasteiger partial charge in [0, 0.05) is 17.9 Å². The predicted molar refractivity (Wildman–Crippen MR) is 109 cm³/mol. The van der Waals surface area contributed by atoms with Gasteiger partial charge < -0.3 is 19.0 Å². The summed E-state index contributed by atoms with van der Waals surface area (Å²) in [6.45, 7) is 10.3. The minimum Gasteiger partial charge on any atom is -0.467 e. The zero-order valence-electron chi connectivity index (χ0n) is 17.5. The maximum absolute atomic E-state index is 12.3. The molecule has 0 aliphatic rings. The molecule has 0 saturated carbocycles. The topological polar surface area (TPSA) is 97.3 Å². The summed E-state index contributed by atoms with van der Waals surface area (Å²) in [6, 6.07) is 6.90. The van der Waals surface area contributed by atoms with Gasteiger partial charge in [-0.05, 0) is 56.5 Å². The molecule has 0 saturated heterocycles. The second-order valence-corrected chi connectivity index (χ2v) is 7.38. The molecule has 2 aromatic rings. The lowest BCUT2D eigenvalue weighted by Gasteiger charge is -2.12. The fraction of sp³-hybridized carbons (Fsp3) is 0.409. The molecule has 0 spiro atoms. The van der Waals surface area contributed by atoms with Crippen LogP contribution in [0.2, 0.25) is 0 Å². The highest BCUT2D eigenvalue weighted by Gasteiger charge is 2.17. The van der Waals surface area contributed by atoms with Gasteiger partial charge in [-0.25, -0.2) is 4.79 Å². The Morgan fingerprint density at radius 1 is 1.34 bits per heavy atom. The van der Waals surface area contributed by atoms with E-state index in [-0.39, 0.29) is 11.6 Å². The standard InChI is InChI=1S/C22H27N3O4/c1-14(2)12-25-15(3)9-18(17(25)5)10-19(11-23)22(27)29-13-21(26)24-16(4)20-7-6-8-28-20/h6-10,14,16H,12-13H2,1-5H3,(H,24,26)/b19-10+/t16-/m0/s1. The van der Waals surface area contributed by atoms with Gasteiger partial charge in [-0.1, -0.05) is 13.8 Å². The number of furan rings is 1. The normalized spacial score (nSPS) is 12.5. The van der Waals surface area contributed by atoms with E-state index in [9.17, 15) is 14.9 Å². The Kier molecular flexibility index (Phi) is 7.43. The first-order valence-electron chi connectivity index (χ1n) is 9.51. The largest absolute Gasteiger partial charge is 0.467 e. The van der Waals surface area contributed by atoms with Crippen LogP contribution in [-0.4, -0.2) is 23.1 Å². The Balaban J connectivity index is 2.02. The molecule has 2 heterocycles. The van der Waals surface area contributed by atoms with Crippen molar-refractivity contribution < 1.29 is 18.7 Å². The number of aromatic nitrogens is 1. The Hall–Kier alpha value is -3.27. The first-order valence-corrected chi connectivity index (χ1v) is 9.51. The van der Waals surface area contributed by atoms with Crippen LogP contribution in [0.4, 0.5) is 0 Å². The first-order chi connectivity index (χ1) is 13.7. The van der Waals surface area contributed by atoms with Crippen molar-refractivity contribution in [3.63, 3.8) is 0 Å². The van der Waals surface area contributed by atoms with Crippen LogP contribution < -0.4 is 5.32 Å². The molecule has 0 aromatic carbocycles. The Morgan fingerprint density at radius 2 is 2.07 bits per heavy atom. The zero-order chi connectivity index (χ0) is 21.6. The monoisotopic (exact) mass is 397 g/mol. The van der Waals surface area contributed by atoms with Crippen LogP contribution in [0, 0.1) is 31.1 Å². The Labute approximate surface area is 171 Å². The number of nitriles is 1.